The fourth-order valence-electron chi connectivity index (χ4n) is 3.73. The molecule has 0 aliphatic carbocycles. The summed E-state index contributed by atoms with van der Waals surface area (Å²) in [4.78, 5) is 27.0. The molecule has 4 aromatic rings. The number of aromatic nitrogens is 4. The second kappa shape index (κ2) is 8.18. The van der Waals surface area contributed by atoms with Crippen molar-refractivity contribution < 1.29 is 14.1 Å². The largest absolute Gasteiger partial charge is 0.497 e. The molecule has 9 heteroatoms. The lowest BCUT2D eigenvalue weighted by atomic mass is 10.0. The number of methoxy groups -OCH3 is 1. The zero-order chi connectivity index (χ0) is 22.1. The van der Waals surface area contributed by atoms with Crippen molar-refractivity contribution in [3.63, 3.8) is 0 Å². The van der Waals surface area contributed by atoms with Gasteiger partial charge in [-0.2, -0.15) is 4.98 Å². The predicted octanol–water partition coefficient (Wildman–Crippen LogP) is 4.11. The number of aryl methyl sites for hydroxylation is 1. The molecule has 0 radical (unpaired) electrons. The van der Waals surface area contributed by atoms with Gasteiger partial charge in [0.15, 0.2) is 0 Å². The number of hydrogen-bond acceptors (Lipinski definition) is 6. The summed E-state index contributed by atoms with van der Waals surface area (Å²) in [5, 5.41) is 7.10. The molecule has 0 spiro atoms. The van der Waals surface area contributed by atoms with Gasteiger partial charge in [-0.15, -0.1) is 0 Å². The minimum absolute atomic E-state index is 0.247. The molecule has 2 amide bonds. The summed E-state index contributed by atoms with van der Waals surface area (Å²) in [5.74, 6) is 1.56. The summed E-state index contributed by atoms with van der Waals surface area (Å²) >= 11 is 0. The Labute approximate surface area is 184 Å². The summed E-state index contributed by atoms with van der Waals surface area (Å²) < 4.78 is 10.8. The van der Waals surface area contributed by atoms with Gasteiger partial charge in [0.1, 0.15) is 11.8 Å². The number of aromatic amines is 1. The Balaban J connectivity index is 1.43. The van der Waals surface area contributed by atoms with E-state index in [4.69, 9.17) is 9.26 Å². The molecule has 2 aromatic carbocycles. The maximum Gasteiger partial charge on any atom is 0.322 e. The van der Waals surface area contributed by atoms with Gasteiger partial charge in [0.25, 0.3) is 0 Å². The zero-order valence-electron chi connectivity index (χ0n) is 17.7. The molecule has 0 bridgehead atoms. The third-order valence-electron chi connectivity index (χ3n) is 5.54. The van der Waals surface area contributed by atoms with Crippen LogP contribution in [0.1, 0.15) is 28.9 Å². The standard InChI is InChI=1S/C23H22N6O3/c1-14-3-7-16(8-4-14)26-23(30)29-12-19-18(24-13-25-19)11-20(29)22-27-21(28-32-22)15-5-9-17(31-2)10-6-15/h3-10,13,20H,11-12H2,1-2H3,(H,24,25)(H,26,30). The van der Waals surface area contributed by atoms with Gasteiger partial charge in [-0.25, -0.2) is 9.78 Å². The summed E-state index contributed by atoms with van der Waals surface area (Å²) in [7, 11) is 1.62. The SMILES string of the molecule is COc1ccc(-c2noc(C3Cc4nc[nH]c4CN3C(=O)Nc3ccc(C)cc3)n2)cc1. The number of H-pyrrole nitrogens is 1. The van der Waals surface area contributed by atoms with Crippen molar-refractivity contribution >= 4 is 11.7 Å². The van der Waals surface area contributed by atoms with Gasteiger partial charge in [-0.3, -0.25) is 0 Å². The van der Waals surface area contributed by atoms with Crippen molar-refractivity contribution in [2.75, 3.05) is 12.4 Å². The third kappa shape index (κ3) is 3.80. The molecule has 32 heavy (non-hydrogen) atoms. The first-order valence-corrected chi connectivity index (χ1v) is 10.2. The monoisotopic (exact) mass is 430 g/mol. The van der Waals surface area contributed by atoms with Crippen molar-refractivity contribution in [2.24, 2.45) is 0 Å². The first-order chi connectivity index (χ1) is 15.6. The van der Waals surface area contributed by atoms with E-state index < -0.39 is 6.04 Å². The first-order valence-electron chi connectivity index (χ1n) is 10.2. The van der Waals surface area contributed by atoms with Gasteiger partial charge in [0, 0.05) is 17.7 Å². The molecule has 0 saturated heterocycles. The van der Waals surface area contributed by atoms with Crippen LogP contribution in [0.15, 0.2) is 59.4 Å². The van der Waals surface area contributed by atoms with Crippen LogP contribution in [0.25, 0.3) is 11.4 Å². The van der Waals surface area contributed by atoms with E-state index in [9.17, 15) is 4.79 Å². The van der Waals surface area contributed by atoms with E-state index in [1.807, 2.05) is 55.5 Å². The number of rotatable bonds is 4. The van der Waals surface area contributed by atoms with Crippen LogP contribution in [-0.4, -0.2) is 38.1 Å². The molecule has 1 atom stereocenters. The Morgan fingerprint density at radius 3 is 2.72 bits per heavy atom. The predicted molar refractivity (Wildman–Crippen MR) is 117 cm³/mol. The van der Waals surface area contributed by atoms with Crippen molar-refractivity contribution in [1.82, 2.24) is 25.0 Å². The van der Waals surface area contributed by atoms with Gasteiger partial charge in [-0.1, -0.05) is 22.9 Å². The number of carbonyl (C=O) groups is 1. The lowest BCUT2D eigenvalue weighted by Crippen LogP contribution is -2.41. The average molecular weight is 430 g/mol. The molecule has 5 rings (SSSR count). The molecule has 1 unspecified atom stereocenters. The second-order valence-electron chi connectivity index (χ2n) is 7.66. The highest BCUT2D eigenvalue weighted by atomic mass is 16.5. The average Bonchev–Trinajstić information content (AvgIpc) is 3.49. The van der Waals surface area contributed by atoms with E-state index in [1.54, 1.807) is 18.3 Å². The summed E-state index contributed by atoms with van der Waals surface area (Å²) in [5.41, 5.74) is 4.43. The molecule has 1 aliphatic heterocycles. The summed E-state index contributed by atoms with van der Waals surface area (Å²) in [6, 6.07) is 14.4. The van der Waals surface area contributed by atoms with Crippen LogP contribution in [0.4, 0.5) is 10.5 Å². The Bertz CT molecular complexity index is 1230. The molecule has 0 fully saturated rings. The fraction of sp³-hybridized carbons (Fsp3) is 0.217. The molecule has 3 heterocycles. The minimum Gasteiger partial charge on any atom is -0.497 e. The molecule has 1 aliphatic rings. The highest BCUT2D eigenvalue weighted by Gasteiger charge is 2.36. The molecular formula is C23H22N6O3. The lowest BCUT2D eigenvalue weighted by Gasteiger charge is -2.32. The Hall–Kier alpha value is -4.14. The van der Waals surface area contributed by atoms with Gasteiger partial charge in [0.05, 0.1) is 31.4 Å². The number of imidazole rings is 1. The smallest absolute Gasteiger partial charge is 0.322 e. The van der Waals surface area contributed by atoms with Gasteiger partial charge < -0.3 is 24.5 Å². The summed E-state index contributed by atoms with van der Waals surface area (Å²) in [6.07, 6.45) is 2.12. The van der Waals surface area contributed by atoms with Gasteiger partial charge in [-0.05, 0) is 43.3 Å². The van der Waals surface area contributed by atoms with Crippen LogP contribution in [0.3, 0.4) is 0 Å². The summed E-state index contributed by atoms with van der Waals surface area (Å²) in [6.45, 7) is 2.36. The van der Waals surface area contributed by atoms with E-state index >= 15 is 0 Å². The van der Waals surface area contributed by atoms with E-state index in [0.717, 1.165) is 34.0 Å². The van der Waals surface area contributed by atoms with Crippen molar-refractivity contribution in [3.05, 3.63) is 77.7 Å². The highest BCUT2D eigenvalue weighted by Crippen LogP contribution is 2.33. The lowest BCUT2D eigenvalue weighted by molar-refractivity contribution is 0.155. The fourth-order valence-corrected chi connectivity index (χ4v) is 3.73. The van der Waals surface area contributed by atoms with E-state index in [-0.39, 0.29) is 6.03 Å². The van der Waals surface area contributed by atoms with Crippen LogP contribution in [0, 0.1) is 6.92 Å². The van der Waals surface area contributed by atoms with Gasteiger partial charge in [0.2, 0.25) is 11.7 Å². The van der Waals surface area contributed by atoms with E-state index in [0.29, 0.717) is 24.7 Å². The molecule has 2 N–H and O–H groups in total. The number of urea groups is 1. The zero-order valence-corrected chi connectivity index (χ0v) is 17.7. The minimum atomic E-state index is -0.434. The molecule has 162 valence electrons. The number of nitrogens with zero attached hydrogens (tertiary/aromatic N) is 4. The molecular weight excluding hydrogens is 408 g/mol. The number of benzene rings is 2. The Morgan fingerprint density at radius 1 is 1.19 bits per heavy atom. The van der Waals surface area contributed by atoms with Crippen molar-refractivity contribution in [3.8, 4) is 17.1 Å². The second-order valence-corrected chi connectivity index (χ2v) is 7.66. The van der Waals surface area contributed by atoms with Crippen LogP contribution < -0.4 is 10.1 Å². The number of amides is 2. The number of anilines is 1. The number of nitrogens with one attached hydrogen (secondary N) is 2. The van der Waals surface area contributed by atoms with Crippen LogP contribution in [0.2, 0.25) is 0 Å². The number of fused-ring (bicyclic) bond motifs is 1. The topological polar surface area (TPSA) is 109 Å². The van der Waals surface area contributed by atoms with E-state index in [1.165, 1.54) is 0 Å². The Morgan fingerprint density at radius 2 is 1.97 bits per heavy atom. The van der Waals surface area contributed by atoms with Gasteiger partial charge >= 0.3 is 6.03 Å². The Kier molecular flexibility index (Phi) is 5.06. The normalized spacial score (nSPS) is 15.3. The maximum atomic E-state index is 13.2. The number of hydrogen-bond donors (Lipinski definition) is 2. The van der Waals surface area contributed by atoms with Crippen LogP contribution in [0.5, 0.6) is 5.75 Å². The molecule has 0 saturated carbocycles. The highest BCUT2D eigenvalue weighted by molar-refractivity contribution is 5.89. The third-order valence-corrected chi connectivity index (χ3v) is 5.54. The molecule has 2 aromatic heterocycles. The van der Waals surface area contributed by atoms with Crippen molar-refractivity contribution in [1.29, 1.82) is 0 Å². The first kappa shape index (κ1) is 19.8. The number of carbonyl (C=O) groups excluding carboxylic acids is 1. The van der Waals surface area contributed by atoms with Crippen LogP contribution in [-0.2, 0) is 13.0 Å². The quantitative estimate of drug-likeness (QED) is 0.504. The maximum absolute atomic E-state index is 13.2. The number of ether oxygens (including phenoxy) is 1. The van der Waals surface area contributed by atoms with E-state index in [2.05, 4.69) is 25.4 Å². The molecule has 9 nitrogen and oxygen atoms in total. The van der Waals surface area contributed by atoms with Crippen LogP contribution >= 0.6 is 0 Å². The van der Waals surface area contributed by atoms with Crippen molar-refractivity contribution in [2.45, 2.75) is 25.9 Å².